The van der Waals surface area contributed by atoms with E-state index in [9.17, 15) is 0 Å². The summed E-state index contributed by atoms with van der Waals surface area (Å²) < 4.78 is 6.17. The van der Waals surface area contributed by atoms with Crippen LogP contribution in [0.3, 0.4) is 0 Å². The zero-order chi connectivity index (χ0) is 15.7. The smallest absolute Gasteiger partial charge is 0.142 e. The lowest BCUT2D eigenvalue weighted by Crippen LogP contribution is -1.99. The minimum Gasteiger partial charge on any atom is -0.495 e. The zero-order valence-corrected chi connectivity index (χ0v) is 14.1. The van der Waals surface area contributed by atoms with E-state index in [1.807, 2.05) is 30.3 Å². The van der Waals surface area contributed by atoms with E-state index in [1.54, 1.807) is 19.4 Å². The molecule has 0 aliphatic carbocycles. The van der Waals surface area contributed by atoms with Crippen LogP contribution in [0.4, 0.5) is 17.2 Å². The molecule has 0 aliphatic heterocycles. The van der Waals surface area contributed by atoms with Crippen LogP contribution in [-0.2, 0) is 0 Å². The number of aromatic nitrogens is 1. The minimum absolute atomic E-state index is 0.563. The number of rotatable bonds is 3. The topological polar surface area (TPSA) is 60.2 Å². The van der Waals surface area contributed by atoms with Crippen molar-refractivity contribution in [1.29, 1.82) is 0 Å². The summed E-state index contributed by atoms with van der Waals surface area (Å²) in [5.41, 5.74) is 7.50. The van der Waals surface area contributed by atoms with Gasteiger partial charge in [-0.05, 0) is 40.2 Å². The first kappa shape index (κ1) is 14.9. The van der Waals surface area contributed by atoms with Gasteiger partial charge in [-0.1, -0.05) is 23.7 Å². The van der Waals surface area contributed by atoms with E-state index in [1.165, 1.54) is 0 Å². The number of fused-ring (bicyclic) bond motifs is 1. The van der Waals surface area contributed by atoms with Crippen LogP contribution >= 0.6 is 27.5 Å². The molecular formula is C16H13BrClN3O. The molecule has 0 radical (unpaired) electrons. The molecule has 0 unspecified atom stereocenters. The average Bonchev–Trinajstić information content (AvgIpc) is 2.50. The second-order valence-corrected chi connectivity index (χ2v) is 5.99. The van der Waals surface area contributed by atoms with Gasteiger partial charge in [0.15, 0.2) is 0 Å². The molecule has 1 heterocycles. The van der Waals surface area contributed by atoms with E-state index >= 15 is 0 Å². The zero-order valence-electron chi connectivity index (χ0n) is 11.7. The lowest BCUT2D eigenvalue weighted by Gasteiger charge is -2.14. The second kappa shape index (κ2) is 6.02. The number of halogens is 2. The van der Waals surface area contributed by atoms with Gasteiger partial charge in [-0.3, -0.25) is 0 Å². The predicted octanol–water partition coefficient (Wildman–Crippen LogP) is 4.99. The maximum absolute atomic E-state index is 6.13. The van der Waals surface area contributed by atoms with Crippen molar-refractivity contribution in [3.63, 3.8) is 0 Å². The van der Waals surface area contributed by atoms with Gasteiger partial charge in [0.25, 0.3) is 0 Å². The molecule has 3 rings (SSSR count). The highest BCUT2D eigenvalue weighted by Gasteiger charge is 2.12. The van der Waals surface area contributed by atoms with Crippen LogP contribution in [0.5, 0.6) is 5.75 Å². The molecule has 0 saturated carbocycles. The van der Waals surface area contributed by atoms with Crippen LogP contribution in [0.25, 0.3) is 10.8 Å². The molecule has 3 aromatic rings. The molecule has 112 valence electrons. The molecule has 3 N–H and O–H groups in total. The highest BCUT2D eigenvalue weighted by Crippen LogP contribution is 2.37. The molecule has 0 amide bonds. The number of anilines is 3. The molecule has 0 bridgehead atoms. The van der Waals surface area contributed by atoms with Crippen molar-refractivity contribution in [1.82, 2.24) is 4.98 Å². The number of nitrogens with zero attached hydrogens (tertiary/aromatic N) is 1. The molecule has 22 heavy (non-hydrogen) atoms. The number of benzene rings is 2. The van der Waals surface area contributed by atoms with Crippen LogP contribution < -0.4 is 15.8 Å². The van der Waals surface area contributed by atoms with Gasteiger partial charge in [0.1, 0.15) is 11.6 Å². The first-order chi connectivity index (χ1) is 10.6. The summed E-state index contributed by atoms with van der Waals surface area (Å²) >= 11 is 9.62. The number of hydrogen-bond donors (Lipinski definition) is 2. The fraction of sp³-hybridized carbons (Fsp3) is 0.0625. The van der Waals surface area contributed by atoms with Crippen molar-refractivity contribution >= 4 is 55.5 Å². The van der Waals surface area contributed by atoms with E-state index < -0.39 is 0 Å². The number of para-hydroxylation sites is 2. The largest absolute Gasteiger partial charge is 0.495 e. The van der Waals surface area contributed by atoms with Crippen molar-refractivity contribution in [2.45, 2.75) is 0 Å². The lowest BCUT2D eigenvalue weighted by atomic mass is 10.1. The quantitative estimate of drug-likeness (QED) is 0.631. The fourth-order valence-corrected chi connectivity index (χ4v) is 3.08. The van der Waals surface area contributed by atoms with Crippen molar-refractivity contribution in [2.24, 2.45) is 0 Å². The van der Waals surface area contributed by atoms with E-state index in [0.717, 1.165) is 26.7 Å². The van der Waals surface area contributed by atoms with E-state index in [-0.39, 0.29) is 0 Å². The van der Waals surface area contributed by atoms with Gasteiger partial charge in [0.05, 0.1) is 12.8 Å². The molecular weight excluding hydrogens is 366 g/mol. The maximum Gasteiger partial charge on any atom is 0.142 e. The summed E-state index contributed by atoms with van der Waals surface area (Å²) in [6.07, 6.45) is 1.71. The van der Waals surface area contributed by atoms with Crippen LogP contribution in [0.1, 0.15) is 0 Å². The Bertz CT molecular complexity index is 854. The molecule has 0 atom stereocenters. The number of pyridine rings is 1. The van der Waals surface area contributed by atoms with Gasteiger partial charge in [0.2, 0.25) is 0 Å². The number of hydrogen-bond acceptors (Lipinski definition) is 4. The number of nitrogens with two attached hydrogens (primary N) is 1. The van der Waals surface area contributed by atoms with Crippen LogP contribution in [0.2, 0.25) is 5.02 Å². The molecule has 6 heteroatoms. The minimum atomic E-state index is 0.563. The summed E-state index contributed by atoms with van der Waals surface area (Å²) in [5, 5.41) is 5.55. The number of nitrogen functional groups attached to an aromatic ring is 1. The van der Waals surface area contributed by atoms with Gasteiger partial charge in [-0.15, -0.1) is 0 Å². The number of methoxy groups -OCH3 is 1. The molecule has 4 nitrogen and oxygen atoms in total. The summed E-state index contributed by atoms with van der Waals surface area (Å²) in [5.74, 6) is 1.40. The second-order valence-electron chi connectivity index (χ2n) is 4.70. The van der Waals surface area contributed by atoms with Crippen LogP contribution in [-0.4, -0.2) is 12.1 Å². The van der Waals surface area contributed by atoms with Crippen molar-refractivity contribution in [2.75, 3.05) is 18.2 Å². The Morgan fingerprint density at radius 1 is 1.27 bits per heavy atom. The Hall–Kier alpha value is -1.98. The molecule has 0 aliphatic rings. The summed E-state index contributed by atoms with van der Waals surface area (Å²) in [6, 6.07) is 11.2. The van der Waals surface area contributed by atoms with Gasteiger partial charge in [0, 0.05) is 32.2 Å². The van der Waals surface area contributed by atoms with Gasteiger partial charge >= 0.3 is 0 Å². The Balaban J connectivity index is 2.17. The van der Waals surface area contributed by atoms with Gasteiger partial charge in [-0.2, -0.15) is 0 Å². The number of ether oxygens (including phenoxy) is 1. The third kappa shape index (κ3) is 2.69. The van der Waals surface area contributed by atoms with E-state index in [4.69, 9.17) is 22.1 Å². The Labute approximate surface area is 141 Å². The number of nitrogens with one attached hydrogen (secondary N) is 1. The third-order valence-electron chi connectivity index (χ3n) is 3.29. The predicted molar refractivity (Wildman–Crippen MR) is 95.1 cm³/mol. The SMILES string of the molecule is COc1ccccc1Nc1ncc(Br)c2c(N)cc(Cl)cc12. The maximum atomic E-state index is 6.13. The normalized spacial score (nSPS) is 10.7. The van der Waals surface area contributed by atoms with Crippen LogP contribution in [0.15, 0.2) is 47.1 Å². The lowest BCUT2D eigenvalue weighted by molar-refractivity contribution is 0.417. The standard InChI is InChI=1S/C16H13BrClN3O/c1-22-14-5-3-2-4-13(14)21-16-10-6-9(18)7-12(19)15(10)11(17)8-20-16/h2-8H,19H2,1H3,(H,20,21). The molecule has 2 aromatic carbocycles. The summed E-state index contributed by atoms with van der Waals surface area (Å²) in [7, 11) is 1.63. The third-order valence-corrected chi connectivity index (χ3v) is 4.11. The van der Waals surface area contributed by atoms with Crippen molar-refractivity contribution < 1.29 is 4.74 Å². The molecule has 0 fully saturated rings. The monoisotopic (exact) mass is 377 g/mol. The molecule has 0 spiro atoms. The first-order valence-electron chi connectivity index (χ1n) is 6.53. The summed E-state index contributed by atoms with van der Waals surface area (Å²) in [4.78, 5) is 4.43. The van der Waals surface area contributed by atoms with Crippen molar-refractivity contribution in [3.05, 3.63) is 52.1 Å². The fourth-order valence-electron chi connectivity index (χ4n) is 2.31. The van der Waals surface area contributed by atoms with Crippen LogP contribution in [0, 0.1) is 0 Å². The Kier molecular flexibility index (Phi) is 4.09. The van der Waals surface area contributed by atoms with Gasteiger partial charge < -0.3 is 15.8 Å². The van der Waals surface area contributed by atoms with Crippen molar-refractivity contribution in [3.8, 4) is 5.75 Å². The van der Waals surface area contributed by atoms with E-state index in [0.29, 0.717) is 16.5 Å². The Morgan fingerprint density at radius 3 is 2.82 bits per heavy atom. The highest BCUT2D eigenvalue weighted by molar-refractivity contribution is 9.10. The van der Waals surface area contributed by atoms with Gasteiger partial charge in [-0.25, -0.2) is 4.98 Å². The molecule has 0 saturated heterocycles. The molecule has 1 aromatic heterocycles. The van der Waals surface area contributed by atoms with E-state index in [2.05, 4.69) is 26.2 Å². The Morgan fingerprint density at radius 2 is 2.05 bits per heavy atom. The summed E-state index contributed by atoms with van der Waals surface area (Å²) in [6.45, 7) is 0. The first-order valence-corrected chi connectivity index (χ1v) is 7.70. The average molecular weight is 379 g/mol. The highest BCUT2D eigenvalue weighted by atomic mass is 79.9.